The second-order valence-corrected chi connectivity index (χ2v) is 2.70. The Labute approximate surface area is 55.6 Å². The Morgan fingerprint density at radius 3 is 3.00 bits per heavy atom. The fourth-order valence-electron chi connectivity index (χ4n) is 1.24. The van der Waals surface area contributed by atoms with Crippen molar-refractivity contribution < 1.29 is 5.21 Å². The fourth-order valence-corrected chi connectivity index (χ4v) is 1.24. The lowest BCUT2D eigenvalue weighted by Crippen LogP contribution is -2.23. The van der Waals surface area contributed by atoms with Gasteiger partial charge in [-0.05, 0) is 25.4 Å². The Bertz CT molecular complexity index is 79.1. The Morgan fingerprint density at radius 1 is 1.78 bits per heavy atom. The van der Waals surface area contributed by atoms with Gasteiger partial charge >= 0.3 is 0 Å². The summed E-state index contributed by atoms with van der Waals surface area (Å²) in [6.45, 7) is 2.97. The van der Waals surface area contributed by atoms with E-state index in [1.165, 1.54) is 11.5 Å². The summed E-state index contributed by atoms with van der Waals surface area (Å²) in [4.78, 5) is 0. The van der Waals surface area contributed by atoms with Crippen LogP contribution in [0.5, 0.6) is 0 Å². The Balaban J connectivity index is 2.11. The smallest absolute Gasteiger partial charge is 0.0275 e. The minimum Gasteiger partial charge on any atom is -0.316 e. The Hall–Kier alpha value is -0.120. The van der Waals surface area contributed by atoms with Gasteiger partial charge < -0.3 is 10.5 Å². The van der Waals surface area contributed by atoms with Crippen molar-refractivity contribution in [1.29, 1.82) is 0 Å². The molecular formula is C6H14N2O. The highest BCUT2D eigenvalue weighted by Gasteiger charge is 2.14. The normalized spacial score (nSPS) is 27.7. The first-order valence-corrected chi connectivity index (χ1v) is 3.40. The standard InChI is InChI=1S/C6H14N2O/c1-8(9)5-6-2-3-7-4-6/h6-7,9H,2-5H2,1H3. The lowest BCUT2D eigenvalue weighted by molar-refractivity contribution is -0.0742. The van der Waals surface area contributed by atoms with Crippen molar-refractivity contribution >= 4 is 0 Å². The number of nitrogens with one attached hydrogen (secondary N) is 1. The zero-order valence-corrected chi connectivity index (χ0v) is 5.80. The molecule has 9 heavy (non-hydrogen) atoms. The molecule has 1 unspecified atom stereocenters. The highest BCUT2D eigenvalue weighted by molar-refractivity contribution is 4.71. The van der Waals surface area contributed by atoms with Crippen molar-refractivity contribution in [2.24, 2.45) is 5.92 Å². The fraction of sp³-hybridized carbons (Fsp3) is 1.00. The summed E-state index contributed by atoms with van der Waals surface area (Å²) in [5.74, 6) is 0.653. The first-order valence-electron chi connectivity index (χ1n) is 3.40. The highest BCUT2D eigenvalue weighted by Crippen LogP contribution is 2.06. The maximum Gasteiger partial charge on any atom is 0.0275 e. The van der Waals surface area contributed by atoms with Gasteiger partial charge in [-0.3, -0.25) is 0 Å². The maximum atomic E-state index is 8.82. The summed E-state index contributed by atoms with van der Waals surface area (Å²) in [6, 6.07) is 0. The van der Waals surface area contributed by atoms with E-state index in [1.807, 2.05) is 0 Å². The molecular weight excluding hydrogens is 116 g/mol. The van der Waals surface area contributed by atoms with Gasteiger partial charge in [-0.25, -0.2) is 0 Å². The SMILES string of the molecule is CN(O)CC1CCNC1. The van der Waals surface area contributed by atoms with Crippen LogP contribution in [0.15, 0.2) is 0 Å². The number of hydrogen-bond acceptors (Lipinski definition) is 3. The Kier molecular flexibility index (Phi) is 2.45. The molecule has 0 saturated carbocycles. The van der Waals surface area contributed by atoms with E-state index in [-0.39, 0.29) is 0 Å². The summed E-state index contributed by atoms with van der Waals surface area (Å²) >= 11 is 0. The zero-order chi connectivity index (χ0) is 6.69. The minimum absolute atomic E-state index is 0.653. The molecule has 0 aromatic rings. The zero-order valence-electron chi connectivity index (χ0n) is 5.80. The quantitative estimate of drug-likeness (QED) is 0.513. The molecule has 0 aliphatic carbocycles. The van der Waals surface area contributed by atoms with Crippen LogP contribution in [0.4, 0.5) is 0 Å². The number of nitrogens with zero attached hydrogens (tertiary/aromatic N) is 1. The molecule has 0 amide bonds. The lowest BCUT2D eigenvalue weighted by Gasteiger charge is -2.12. The molecule has 0 aromatic carbocycles. The predicted molar refractivity (Wildman–Crippen MR) is 35.4 cm³/mol. The average molecular weight is 130 g/mol. The molecule has 1 aliphatic rings. The van der Waals surface area contributed by atoms with E-state index in [1.54, 1.807) is 7.05 Å². The van der Waals surface area contributed by atoms with Crippen LogP contribution in [0.2, 0.25) is 0 Å². The van der Waals surface area contributed by atoms with Crippen LogP contribution in [-0.4, -0.2) is 37.0 Å². The first-order chi connectivity index (χ1) is 4.29. The van der Waals surface area contributed by atoms with Crippen molar-refractivity contribution in [2.45, 2.75) is 6.42 Å². The van der Waals surface area contributed by atoms with E-state index in [0.717, 1.165) is 19.6 Å². The van der Waals surface area contributed by atoms with E-state index < -0.39 is 0 Å². The van der Waals surface area contributed by atoms with Gasteiger partial charge in [0.25, 0.3) is 0 Å². The molecule has 0 radical (unpaired) electrons. The van der Waals surface area contributed by atoms with Crippen LogP contribution >= 0.6 is 0 Å². The van der Waals surface area contributed by atoms with Crippen LogP contribution in [0, 0.1) is 5.92 Å². The molecule has 1 saturated heterocycles. The molecule has 0 spiro atoms. The molecule has 0 aromatic heterocycles. The molecule has 1 aliphatic heterocycles. The van der Waals surface area contributed by atoms with E-state index in [2.05, 4.69) is 5.32 Å². The molecule has 3 nitrogen and oxygen atoms in total. The second kappa shape index (κ2) is 3.15. The van der Waals surface area contributed by atoms with Crippen LogP contribution in [-0.2, 0) is 0 Å². The van der Waals surface area contributed by atoms with E-state index in [4.69, 9.17) is 5.21 Å². The first kappa shape index (κ1) is 6.99. The van der Waals surface area contributed by atoms with Gasteiger partial charge in [0.2, 0.25) is 0 Å². The number of hydrogen-bond donors (Lipinski definition) is 2. The van der Waals surface area contributed by atoms with Gasteiger partial charge in [-0.1, -0.05) is 0 Å². The van der Waals surface area contributed by atoms with Gasteiger partial charge in [0.15, 0.2) is 0 Å². The lowest BCUT2D eigenvalue weighted by atomic mass is 10.1. The third-order valence-corrected chi connectivity index (χ3v) is 1.68. The molecule has 1 fully saturated rings. The minimum atomic E-state index is 0.653. The topological polar surface area (TPSA) is 35.5 Å². The van der Waals surface area contributed by atoms with Crippen LogP contribution < -0.4 is 5.32 Å². The largest absolute Gasteiger partial charge is 0.316 e. The molecule has 2 N–H and O–H groups in total. The van der Waals surface area contributed by atoms with Crippen molar-refractivity contribution in [1.82, 2.24) is 10.4 Å². The van der Waals surface area contributed by atoms with Gasteiger partial charge in [-0.15, -0.1) is 0 Å². The third-order valence-electron chi connectivity index (χ3n) is 1.68. The van der Waals surface area contributed by atoms with Gasteiger partial charge in [0, 0.05) is 13.6 Å². The Morgan fingerprint density at radius 2 is 2.56 bits per heavy atom. The van der Waals surface area contributed by atoms with E-state index in [0.29, 0.717) is 5.92 Å². The van der Waals surface area contributed by atoms with Gasteiger partial charge in [0.1, 0.15) is 0 Å². The van der Waals surface area contributed by atoms with E-state index in [9.17, 15) is 0 Å². The van der Waals surface area contributed by atoms with Crippen molar-refractivity contribution in [3.8, 4) is 0 Å². The van der Waals surface area contributed by atoms with Gasteiger partial charge in [0.05, 0.1) is 0 Å². The van der Waals surface area contributed by atoms with Crippen molar-refractivity contribution in [2.75, 3.05) is 26.7 Å². The molecule has 1 atom stereocenters. The van der Waals surface area contributed by atoms with Crippen molar-refractivity contribution in [3.05, 3.63) is 0 Å². The molecule has 1 heterocycles. The highest BCUT2D eigenvalue weighted by atomic mass is 16.5. The average Bonchev–Trinajstić information content (AvgIpc) is 2.15. The summed E-state index contributed by atoms with van der Waals surface area (Å²) < 4.78 is 0. The second-order valence-electron chi connectivity index (χ2n) is 2.70. The van der Waals surface area contributed by atoms with Gasteiger partial charge in [-0.2, -0.15) is 5.06 Å². The third kappa shape index (κ3) is 2.30. The van der Waals surface area contributed by atoms with E-state index >= 15 is 0 Å². The summed E-state index contributed by atoms with van der Waals surface area (Å²) in [5, 5.41) is 13.3. The van der Waals surface area contributed by atoms with Crippen LogP contribution in [0.1, 0.15) is 6.42 Å². The molecule has 0 bridgehead atoms. The molecule has 3 heteroatoms. The summed E-state index contributed by atoms with van der Waals surface area (Å²) in [6.07, 6.45) is 1.20. The van der Waals surface area contributed by atoms with Crippen molar-refractivity contribution in [3.63, 3.8) is 0 Å². The van der Waals surface area contributed by atoms with Crippen LogP contribution in [0.3, 0.4) is 0 Å². The molecule has 54 valence electrons. The summed E-state index contributed by atoms with van der Waals surface area (Å²) in [5.41, 5.74) is 0. The van der Waals surface area contributed by atoms with Crippen LogP contribution in [0.25, 0.3) is 0 Å². The predicted octanol–water partition coefficient (Wildman–Crippen LogP) is -0.0831. The molecule has 1 rings (SSSR count). The number of hydroxylamine groups is 2. The number of rotatable bonds is 2. The monoisotopic (exact) mass is 130 g/mol. The summed E-state index contributed by atoms with van der Waals surface area (Å²) in [7, 11) is 1.69. The maximum absolute atomic E-state index is 8.82.